The van der Waals surface area contributed by atoms with Crippen molar-refractivity contribution in [3.05, 3.63) is 33.3 Å². The molecule has 1 unspecified atom stereocenters. The van der Waals surface area contributed by atoms with Crippen molar-refractivity contribution in [2.75, 3.05) is 17.8 Å². The van der Waals surface area contributed by atoms with E-state index in [1.54, 1.807) is 6.92 Å². The van der Waals surface area contributed by atoms with Crippen molar-refractivity contribution in [3.63, 3.8) is 0 Å². The Morgan fingerprint density at radius 3 is 2.76 bits per heavy atom. The second-order valence-electron chi connectivity index (χ2n) is 3.42. The smallest absolute Gasteiger partial charge is 0.271 e. The first-order chi connectivity index (χ1) is 7.85. The number of nitrogens with one attached hydrogen (secondary N) is 1. The number of non-ortho nitro benzene ring substituents is 1. The van der Waals surface area contributed by atoms with Crippen LogP contribution in [-0.2, 0) is 4.57 Å². The van der Waals surface area contributed by atoms with E-state index in [9.17, 15) is 19.6 Å². The topological polar surface area (TPSA) is 92.5 Å². The summed E-state index contributed by atoms with van der Waals surface area (Å²) in [5, 5.41) is 13.5. The van der Waals surface area contributed by atoms with Gasteiger partial charge < -0.3 is 10.2 Å². The Hall–Kier alpha value is -1.10. The highest BCUT2D eigenvalue weighted by molar-refractivity contribution is 7.58. The highest BCUT2D eigenvalue weighted by Crippen LogP contribution is 2.40. The number of rotatable bonds is 5. The van der Waals surface area contributed by atoms with Crippen LogP contribution in [0.25, 0.3) is 0 Å². The van der Waals surface area contributed by atoms with Crippen molar-refractivity contribution < 1.29 is 14.4 Å². The van der Waals surface area contributed by atoms with Gasteiger partial charge in [0.05, 0.1) is 21.9 Å². The first-order valence-electron chi connectivity index (χ1n) is 4.84. The minimum atomic E-state index is -3.24. The second-order valence-corrected chi connectivity index (χ2v) is 6.47. The SMILES string of the molecule is CCP(=O)(O)CNc1cc([N+](=O)[O-])ccc1Cl. The number of nitro groups is 1. The van der Waals surface area contributed by atoms with Crippen LogP contribution < -0.4 is 5.32 Å². The van der Waals surface area contributed by atoms with E-state index in [0.29, 0.717) is 0 Å². The Labute approximate surface area is 103 Å². The van der Waals surface area contributed by atoms with E-state index in [2.05, 4.69) is 5.32 Å². The summed E-state index contributed by atoms with van der Waals surface area (Å²) in [7, 11) is -3.24. The van der Waals surface area contributed by atoms with Crippen molar-refractivity contribution in [1.82, 2.24) is 0 Å². The highest BCUT2D eigenvalue weighted by atomic mass is 35.5. The lowest BCUT2D eigenvalue weighted by Crippen LogP contribution is -2.04. The molecule has 1 atom stereocenters. The number of nitrogens with zero attached hydrogens (tertiary/aromatic N) is 1. The second kappa shape index (κ2) is 5.49. The van der Waals surface area contributed by atoms with Crippen LogP contribution in [0, 0.1) is 10.1 Å². The Balaban J connectivity index is 2.87. The van der Waals surface area contributed by atoms with Gasteiger partial charge in [-0.1, -0.05) is 18.5 Å². The number of hydrogen-bond acceptors (Lipinski definition) is 4. The van der Waals surface area contributed by atoms with E-state index in [1.807, 2.05) is 0 Å². The summed E-state index contributed by atoms with van der Waals surface area (Å²) in [5.74, 6) is 0. The Morgan fingerprint density at radius 1 is 1.59 bits per heavy atom. The standard InChI is InChI=1S/C9H12ClN2O4P/c1-2-17(15,16)6-11-9-5-7(12(13)14)3-4-8(9)10/h3-5,11H,2,6H2,1H3,(H,15,16). The fourth-order valence-electron chi connectivity index (χ4n) is 1.08. The summed E-state index contributed by atoms with van der Waals surface area (Å²) in [6.07, 6.45) is -0.0308. The molecule has 0 saturated heterocycles. The van der Waals surface area contributed by atoms with Gasteiger partial charge in [0.25, 0.3) is 5.69 Å². The molecule has 8 heteroatoms. The maximum Gasteiger partial charge on any atom is 0.271 e. The zero-order valence-corrected chi connectivity index (χ0v) is 10.7. The van der Waals surface area contributed by atoms with Crippen LogP contribution in [0.1, 0.15) is 6.92 Å². The molecule has 0 saturated carbocycles. The third-order valence-electron chi connectivity index (χ3n) is 2.17. The average Bonchev–Trinajstić information content (AvgIpc) is 2.27. The van der Waals surface area contributed by atoms with Gasteiger partial charge in [0.2, 0.25) is 7.37 Å². The molecule has 6 nitrogen and oxygen atoms in total. The molecule has 1 aromatic carbocycles. The maximum absolute atomic E-state index is 11.4. The fraction of sp³-hybridized carbons (Fsp3) is 0.333. The van der Waals surface area contributed by atoms with Gasteiger partial charge in [0.15, 0.2) is 0 Å². The summed E-state index contributed by atoms with van der Waals surface area (Å²) < 4.78 is 11.4. The summed E-state index contributed by atoms with van der Waals surface area (Å²) in [5.41, 5.74) is 0.157. The first kappa shape index (κ1) is 14.0. The van der Waals surface area contributed by atoms with Crippen LogP contribution in [-0.4, -0.2) is 22.3 Å². The molecule has 17 heavy (non-hydrogen) atoms. The largest absolute Gasteiger partial charge is 0.375 e. The summed E-state index contributed by atoms with van der Waals surface area (Å²) in [6, 6.07) is 3.88. The van der Waals surface area contributed by atoms with Gasteiger partial charge in [0.1, 0.15) is 0 Å². The predicted octanol–water partition coefficient (Wildman–Crippen LogP) is 2.91. The quantitative estimate of drug-likeness (QED) is 0.491. The molecular weight excluding hydrogens is 267 g/mol. The van der Waals surface area contributed by atoms with Crippen molar-refractivity contribution >= 4 is 30.3 Å². The van der Waals surface area contributed by atoms with Gasteiger partial charge in [-0.05, 0) is 6.07 Å². The lowest BCUT2D eigenvalue weighted by atomic mass is 10.3. The van der Waals surface area contributed by atoms with Gasteiger partial charge in [0, 0.05) is 18.3 Å². The zero-order chi connectivity index (χ0) is 13.1. The molecule has 0 aromatic heterocycles. The molecule has 1 rings (SSSR count). The van der Waals surface area contributed by atoms with E-state index >= 15 is 0 Å². The van der Waals surface area contributed by atoms with Crippen LogP contribution in [0.2, 0.25) is 5.02 Å². The number of anilines is 1. The molecule has 0 spiro atoms. The van der Waals surface area contributed by atoms with Crippen molar-refractivity contribution in [1.29, 1.82) is 0 Å². The normalized spacial score (nSPS) is 14.1. The monoisotopic (exact) mass is 278 g/mol. The Bertz CT molecular complexity index is 480. The molecule has 0 bridgehead atoms. The van der Waals surface area contributed by atoms with E-state index in [0.717, 1.165) is 0 Å². The summed E-state index contributed by atoms with van der Waals surface area (Å²) >= 11 is 5.82. The Morgan fingerprint density at radius 2 is 2.24 bits per heavy atom. The number of nitro benzene ring substituents is 1. The molecular formula is C9H12ClN2O4P. The van der Waals surface area contributed by atoms with Gasteiger partial charge in [-0.25, -0.2) is 0 Å². The van der Waals surface area contributed by atoms with Crippen LogP contribution in [0.15, 0.2) is 18.2 Å². The van der Waals surface area contributed by atoms with E-state index in [4.69, 9.17) is 11.6 Å². The van der Waals surface area contributed by atoms with Crippen molar-refractivity contribution in [3.8, 4) is 0 Å². The van der Waals surface area contributed by atoms with Crippen molar-refractivity contribution in [2.45, 2.75) is 6.92 Å². The molecule has 0 aliphatic rings. The molecule has 0 amide bonds. The molecule has 0 radical (unpaired) electrons. The number of benzene rings is 1. The maximum atomic E-state index is 11.4. The van der Waals surface area contributed by atoms with Gasteiger partial charge in [-0.3, -0.25) is 14.7 Å². The van der Waals surface area contributed by atoms with Crippen LogP contribution in [0.5, 0.6) is 0 Å². The predicted molar refractivity (Wildman–Crippen MR) is 67.0 cm³/mol. The zero-order valence-electron chi connectivity index (χ0n) is 9.09. The summed E-state index contributed by atoms with van der Waals surface area (Å²) in [6.45, 7) is 1.59. The number of hydrogen-bond donors (Lipinski definition) is 2. The van der Waals surface area contributed by atoms with Crippen molar-refractivity contribution in [2.24, 2.45) is 0 Å². The highest BCUT2D eigenvalue weighted by Gasteiger charge is 2.16. The molecule has 1 aromatic rings. The lowest BCUT2D eigenvalue weighted by molar-refractivity contribution is -0.384. The molecule has 0 heterocycles. The Kier molecular flexibility index (Phi) is 4.51. The molecule has 94 valence electrons. The van der Waals surface area contributed by atoms with Gasteiger partial charge in [-0.15, -0.1) is 0 Å². The minimum absolute atomic E-state index is 0.124. The van der Waals surface area contributed by atoms with Crippen LogP contribution >= 0.6 is 19.0 Å². The summed E-state index contributed by atoms with van der Waals surface area (Å²) in [4.78, 5) is 19.4. The van der Waals surface area contributed by atoms with E-state index in [1.165, 1.54) is 18.2 Å². The fourth-order valence-corrected chi connectivity index (χ4v) is 1.91. The third kappa shape index (κ3) is 4.00. The van der Waals surface area contributed by atoms with E-state index < -0.39 is 12.3 Å². The minimum Gasteiger partial charge on any atom is -0.375 e. The molecule has 0 aliphatic carbocycles. The van der Waals surface area contributed by atoms with Gasteiger partial charge >= 0.3 is 0 Å². The molecule has 2 N–H and O–H groups in total. The molecule has 0 fully saturated rings. The first-order valence-corrected chi connectivity index (χ1v) is 7.25. The lowest BCUT2D eigenvalue weighted by Gasteiger charge is -2.12. The van der Waals surface area contributed by atoms with E-state index in [-0.39, 0.29) is 28.8 Å². The number of halogens is 1. The van der Waals surface area contributed by atoms with Gasteiger partial charge in [-0.2, -0.15) is 0 Å². The molecule has 0 aliphatic heterocycles. The average molecular weight is 279 g/mol. The van der Waals surface area contributed by atoms with Crippen LogP contribution in [0.4, 0.5) is 11.4 Å². The van der Waals surface area contributed by atoms with Crippen LogP contribution in [0.3, 0.4) is 0 Å². The third-order valence-corrected chi connectivity index (χ3v) is 4.14.